The van der Waals surface area contributed by atoms with Gasteiger partial charge in [-0.25, -0.2) is 0 Å². The Labute approximate surface area is 122 Å². The molecule has 0 radical (unpaired) electrons. The average molecular weight is 276 g/mol. The summed E-state index contributed by atoms with van der Waals surface area (Å²) in [4.78, 5) is 15.0. The Hall–Kier alpha value is -0.570. The third-order valence-corrected chi connectivity index (χ3v) is 6.54. The van der Waals surface area contributed by atoms with Gasteiger partial charge in [-0.1, -0.05) is 0 Å². The summed E-state index contributed by atoms with van der Waals surface area (Å²) in [5, 5.41) is 3.52. The van der Waals surface area contributed by atoms with Gasteiger partial charge in [0.1, 0.15) is 0 Å². The highest BCUT2D eigenvalue weighted by Crippen LogP contribution is 2.56. The highest BCUT2D eigenvalue weighted by atomic mass is 16.2. The molecule has 5 rings (SSSR count). The molecular weight excluding hydrogens is 248 g/mol. The Morgan fingerprint density at radius 3 is 2.30 bits per heavy atom. The van der Waals surface area contributed by atoms with Gasteiger partial charge in [-0.05, 0) is 75.2 Å². The second-order valence-electron chi connectivity index (χ2n) is 7.97. The summed E-state index contributed by atoms with van der Waals surface area (Å²) >= 11 is 0. The number of rotatable bonds is 3. The van der Waals surface area contributed by atoms with Crippen LogP contribution in [0.25, 0.3) is 0 Å². The summed E-state index contributed by atoms with van der Waals surface area (Å²) in [7, 11) is 2.04. The normalized spacial score (nSPS) is 45.9. The van der Waals surface area contributed by atoms with Crippen molar-refractivity contribution >= 4 is 5.91 Å². The van der Waals surface area contributed by atoms with Crippen molar-refractivity contribution in [2.24, 2.45) is 29.6 Å². The molecule has 1 heterocycles. The summed E-state index contributed by atoms with van der Waals surface area (Å²) in [5.41, 5.74) is 0. The van der Waals surface area contributed by atoms with Gasteiger partial charge < -0.3 is 10.2 Å². The van der Waals surface area contributed by atoms with Crippen LogP contribution < -0.4 is 5.32 Å². The van der Waals surface area contributed by atoms with Crippen molar-refractivity contribution in [2.45, 2.75) is 51.0 Å². The fourth-order valence-electron chi connectivity index (χ4n) is 5.92. The molecular formula is C17H28N2O. The first-order valence-corrected chi connectivity index (χ1v) is 8.69. The monoisotopic (exact) mass is 276 g/mol. The Morgan fingerprint density at radius 1 is 1.10 bits per heavy atom. The van der Waals surface area contributed by atoms with Gasteiger partial charge in [0.2, 0.25) is 5.91 Å². The molecule has 5 aliphatic rings. The molecule has 1 N–H and O–H groups in total. The van der Waals surface area contributed by atoms with Crippen molar-refractivity contribution in [3.05, 3.63) is 0 Å². The molecule has 4 bridgehead atoms. The van der Waals surface area contributed by atoms with E-state index in [0.29, 0.717) is 17.9 Å². The maximum Gasteiger partial charge on any atom is 0.226 e. The summed E-state index contributed by atoms with van der Waals surface area (Å²) in [6.07, 6.45) is 9.36. The van der Waals surface area contributed by atoms with Crippen molar-refractivity contribution in [1.82, 2.24) is 10.2 Å². The minimum Gasteiger partial charge on any atom is -0.344 e. The first-order valence-electron chi connectivity index (χ1n) is 8.69. The molecule has 0 spiro atoms. The van der Waals surface area contributed by atoms with E-state index in [1.54, 1.807) is 0 Å². The number of hydrogen-bond acceptors (Lipinski definition) is 2. The second kappa shape index (κ2) is 5.01. The van der Waals surface area contributed by atoms with Gasteiger partial charge in [0, 0.05) is 25.6 Å². The minimum atomic E-state index is 0.370. The number of amides is 1. The lowest BCUT2D eigenvalue weighted by molar-refractivity contribution is -0.148. The largest absolute Gasteiger partial charge is 0.344 e. The molecule has 4 aliphatic carbocycles. The quantitative estimate of drug-likeness (QED) is 0.857. The second-order valence-corrected chi connectivity index (χ2v) is 7.97. The van der Waals surface area contributed by atoms with Crippen LogP contribution in [0.1, 0.15) is 44.9 Å². The predicted octanol–water partition coefficient (Wildman–Crippen LogP) is 2.27. The number of likely N-dealkylation sites (N-methyl/N-ethyl adjacent to an activating group) is 1. The van der Waals surface area contributed by atoms with Crippen LogP contribution in [-0.4, -0.2) is 37.0 Å². The van der Waals surface area contributed by atoms with Crippen molar-refractivity contribution in [1.29, 1.82) is 0 Å². The van der Waals surface area contributed by atoms with E-state index < -0.39 is 0 Å². The van der Waals surface area contributed by atoms with Gasteiger partial charge in [0.15, 0.2) is 0 Å². The molecule has 5 fully saturated rings. The molecule has 3 heteroatoms. The van der Waals surface area contributed by atoms with Crippen molar-refractivity contribution < 1.29 is 4.79 Å². The molecule has 1 atom stereocenters. The molecule has 1 unspecified atom stereocenters. The molecule has 1 saturated heterocycles. The van der Waals surface area contributed by atoms with Crippen LogP contribution in [0.2, 0.25) is 0 Å². The van der Waals surface area contributed by atoms with Crippen molar-refractivity contribution in [3.63, 3.8) is 0 Å². The van der Waals surface area contributed by atoms with Gasteiger partial charge in [-0.15, -0.1) is 0 Å². The van der Waals surface area contributed by atoms with E-state index in [1.165, 1.54) is 44.9 Å². The van der Waals surface area contributed by atoms with Gasteiger partial charge in [-0.3, -0.25) is 4.79 Å². The molecule has 1 amide bonds. The lowest BCUT2D eigenvalue weighted by atomic mass is 9.51. The fourth-order valence-corrected chi connectivity index (χ4v) is 5.92. The van der Waals surface area contributed by atoms with Gasteiger partial charge in [0.25, 0.3) is 0 Å². The van der Waals surface area contributed by atoms with E-state index >= 15 is 0 Å². The third kappa shape index (κ3) is 2.18. The van der Waals surface area contributed by atoms with Crippen LogP contribution in [0, 0.1) is 29.6 Å². The van der Waals surface area contributed by atoms with E-state index in [1.807, 2.05) is 7.05 Å². The molecule has 3 nitrogen and oxygen atoms in total. The first-order chi connectivity index (χ1) is 9.70. The number of hydrogen-bond donors (Lipinski definition) is 1. The molecule has 4 saturated carbocycles. The Bertz CT molecular complexity index is 360. The lowest BCUT2D eigenvalue weighted by Crippen LogP contribution is -2.52. The lowest BCUT2D eigenvalue weighted by Gasteiger charge is -2.54. The van der Waals surface area contributed by atoms with Crippen LogP contribution in [-0.2, 0) is 4.79 Å². The summed E-state index contributed by atoms with van der Waals surface area (Å²) in [6, 6.07) is 0.542. The summed E-state index contributed by atoms with van der Waals surface area (Å²) in [6.45, 7) is 2.05. The molecule has 20 heavy (non-hydrogen) atoms. The molecule has 0 aromatic rings. The van der Waals surface area contributed by atoms with E-state index in [4.69, 9.17) is 0 Å². The zero-order chi connectivity index (χ0) is 13.7. The molecule has 112 valence electrons. The predicted molar refractivity (Wildman–Crippen MR) is 79.2 cm³/mol. The highest BCUT2D eigenvalue weighted by Gasteiger charge is 2.51. The Kier molecular flexibility index (Phi) is 3.29. The van der Waals surface area contributed by atoms with Crippen molar-refractivity contribution in [2.75, 3.05) is 20.1 Å². The van der Waals surface area contributed by atoms with Crippen molar-refractivity contribution in [3.8, 4) is 0 Å². The number of carbonyl (C=O) groups excluding carboxylic acids is 1. The standard InChI is InChI=1S/C17H28N2O/c1-19(10-15-3-2-4-18-15)17(20)16-13-6-11-5-12(8-13)9-14(16)7-11/h11-16,18H,2-10H2,1H3. The van der Waals surface area contributed by atoms with E-state index in [0.717, 1.165) is 36.8 Å². The van der Waals surface area contributed by atoms with E-state index in [2.05, 4.69) is 10.2 Å². The van der Waals surface area contributed by atoms with Crippen LogP contribution in [0.15, 0.2) is 0 Å². The highest BCUT2D eigenvalue weighted by molar-refractivity contribution is 5.79. The Balaban J connectivity index is 1.42. The molecule has 0 aromatic heterocycles. The Morgan fingerprint density at radius 2 is 1.75 bits per heavy atom. The van der Waals surface area contributed by atoms with Crippen LogP contribution in [0.4, 0.5) is 0 Å². The average Bonchev–Trinajstić information content (AvgIpc) is 2.90. The van der Waals surface area contributed by atoms with E-state index in [9.17, 15) is 4.79 Å². The molecule has 0 aromatic carbocycles. The maximum absolute atomic E-state index is 12.9. The number of carbonyl (C=O) groups is 1. The van der Waals surface area contributed by atoms with E-state index in [-0.39, 0.29) is 0 Å². The van der Waals surface area contributed by atoms with Gasteiger partial charge in [0.05, 0.1) is 0 Å². The SMILES string of the molecule is CN(CC1CCCN1)C(=O)C1C2CC3CC(C2)CC1C3. The van der Waals surface area contributed by atoms with Crippen LogP contribution >= 0.6 is 0 Å². The zero-order valence-corrected chi connectivity index (χ0v) is 12.7. The maximum atomic E-state index is 12.9. The minimum absolute atomic E-state index is 0.370. The topological polar surface area (TPSA) is 32.3 Å². The van der Waals surface area contributed by atoms with Crippen LogP contribution in [0.5, 0.6) is 0 Å². The smallest absolute Gasteiger partial charge is 0.226 e. The molecule has 1 aliphatic heterocycles. The number of nitrogens with one attached hydrogen (secondary N) is 1. The first kappa shape index (κ1) is 13.1. The zero-order valence-electron chi connectivity index (χ0n) is 12.7. The van der Waals surface area contributed by atoms with Gasteiger partial charge in [-0.2, -0.15) is 0 Å². The van der Waals surface area contributed by atoms with Crippen LogP contribution in [0.3, 0.4) is 0 Å². The number of nitrogens with zero attached hydrogens (tertiary/aromatic N) is 1. The summed E-state index contributed by atoms with van der Waals surface area (Å²) in [5.74, 6) is 4.20. The summed E-state index contributed by atoms with van der Waals surface area (Å²) < 4.78 is 0. The fraction of sp³-hybridized carbons (Fsp3) is 0.941. The van der Waals surface area contributed by atoms with Gasteiger partial charge >= 0.3 is 0 Å². The third-order valence-electron chi connectivity index (χ3n) is 6.54.